The zero-order valence-corrected chi connectivity index (χ0v) is 19.5. The monoisotopic (exact) mass is 440 g/mol. The van der Waals surface area contributed by atoms with E-state index in [1.165, 1.54) is 0 Å². The molecule has 1 aliphatic carbocycles. The predicted molar refractivity (Wildman–Crippen MR) is 130 cm³/mol. The lowest BCUT2D eigenvalue weighted by Crippen LogP contribution is -2.35. The fourth-order valence-electron chi connectivity index (χ4n) is 4.10. The van der Waals surface area contributed by atoms with Crippen molar-refractivity contribution in [1.29, 1.82) is 0 Å². The van der Waals surface area contributed by atoms with Gasteiger partial charge in [0.15, 0.2) is 0 Å². The van der Waals surface area contributed by atoms with E-state index in [2.05, 4.69) is 27.2 Å². The van der Waals surface area contributed by atoms with Crippen molar-refractivity contribution >= 4 is 29.9 Å². The third-order valence-electron chi connectivity index (χ3n) is 6.11. The van der Waals surface area contributed by atoms with Gasteiger partial charge in [0.2, 0.25) is 5.91 Å². The molecular formula is C24H36N6O2. The number of nitrogens with two attached hydrogens (primary N) is 1. The Bertz CT molecular complexity index is 878. The molecule has 0 radical (unpaired) electrons. The second-order valence-corrected chi connectivity index (χ2v) is 9.04. The number of piperidine rings is 1. The molecule has 0 aromatic heterocycles. The molecule has 174 valence electrons. The number of hydrogen-bond acceptors (Lipinski definition) is 6. The summed E-state index contributed by atoms with van der Waals surface area (Å²) in [5.74, 6) is 0.278. The summed E-state index contributed by atoms with van der Waals surface area (Å²) >= 11 is 0. The van der Waals surface area contributed by atoms with Crippen molar-refractivity contribution in [2.45, 2.75) is 32.6 Å². The number of anilines is 2. The fourth-order valence-corrected chi connectivity index (χ4v) is 4.10. The summed E-state index contributed by atoms with van der Waals surface area (Å²) in [7, 11) is 3.93. The average Bonchev–Trinajstić information content (AvgIpc) is 3.60. The van der Waals surface area contributed by atoms with Gasteiger partial charge in [0.05, 0.1) is 17.1 Å². The Hall–Kier alpha value is -2.87. The Morgan fingerprint density at radius 3 is 2.44 bits per heavy atom. The molecule has 2 amide bonds. The van der Waals surface area contributed by atoms with E-state index >= 15 is 0 Å². The van der Waals surface area contributed by atoms with Gasteiger partial charge in [-0.2, -0.15) is 0 Å². The number of carbonyl (C=O) groups excluding carboxylic acids is 2. The summed E-state index contributed by atoms with van der Waals surface area (Å²) in [5.41, 5.74) is 9.79. The minimum absolute atomic E-state index is 0.0335. The summed E-state index contributed by atoms with van der Waals surface area (Å²) in [6.45, 7) is 8.51. The van der Waals surface area contributed by atoms with E-state index in [4.69, 9.17) is 5.73 Å². The number of rotatable bonds is 9. The molecule has 32 heavy (non-hydrogen) atoms. The number of likely N-dealkylation sites (N-methyl/N-ethyl adjacent to an activating group) is 1. The molecule has 3 rings (SSSR count). The van der Waals surface area contributed by atoms with Crippen molar-refractivity contribution in [2.24, 2.45) is 22.6 Å². The molecule has 1 aromatic rings. The highest BCUT2D eigenvalue weighted by atomic mass is 16.2. The maximum Gasteiger partial charge on any atom is 0.251 e. The van der Waals surface area contributed by atoms with E-state index in [9.17, 15) is 9.59 Å². The zero-order valence-electron chi connectivity index (χ0n) is 19.5. The van der Waals surface area contributed by atoms with Crippen molar-refractivity contribution in [1.82, 2.24) is 10.2 Å². The first-order valence-corrected chi connectivity index (χ1v) is 11.4. The van der Waals surface area contributed by atoms with Gasteiger partial charge in [-0.15, -0.1) is 0 Å². The third-order valence-corrected chi connectivity index (χ3v) is 6.11. The van der Waals surface area contributed by atoms with E-state index in [0.717, 1.165) is 62.4 Å². The number of hydrogen-bond donors (Lipinski definition) is 3. The van der Waals surface area contributed by atoms with E-state index < -0.39 is 0 Å². The molecule has 2 fully saturated rings. The van der Waals surface area contributed by atoms with Gasteiger partial charge in [0, 0.05) is 49.3 Å². The third kappa shape index (κ3) is 6.09. The molecule has 8 heteroatoms. The standard InChI is InChI=1S/C24H36N6O2/c1-16(25)22(26-2)17-9-12-30(13-10-17)21-8-7-19(23(31)27-11-14-29(3)4)15-20(21)28-24(32)18-5-6-18/h7-8,15,17-18H,2,5-6,9-14,25H2,1,3-4H3,(H,27,31)(H,28,32)/b22-16-. The van der Waals surface area contributed by atoms with Crippen LogP contribution in [0, 0.1) is 11.8 Å². The summed E-state index contributed by atoms with van der Waals surface area (Å²) in [6, 6.07) is 5.58. The quantitative estimate of drug-likeness (QED) is 0.512. The molecule has 1 heterocycles. The largest absolute Gasteiger partial charge is 0.401 e. The molecule has 1 saturated carbocycles. The first-order chi connectivity index (χ1) is 15.3. The van der Waals surface area contributed by atoms with Crippen LogP contribution in [0.5, 0.6) is 0 Å². The van der Waals surface area contributed by atoms with Crippen molar-refractivity contribution in [2.75, 3.05) is 50.5 Å². The van der Waals surface area contributed by atoms with E-state index in [1.807, 2.05) is 38.1 Å². The van der Waals surface area contributed by atoms with Crippen LogP contribution in [-0.2, 0) is 4.79 Å². The van der Waals surface area contributed by atoms with Crippen LogP contribution in [0.1, 0.15) is 43.0 Å². The number of aliphatic imine (C=N–C) groups is 1. The number of benzene rings is 1. The highest BCUT2D eigenvalue weighted by Gasteiger charge is 2.31. The van der Waals surface area contributed by atoms with Crippen LogP contribution in [-0.4, -0.2) is 63.7 Å². The maximum absolute atomic E-state index is 12.6. The van der Waals surface area contributed by atoms with Gasteiger partial charge >= 0.3 is 0 Å². The molecule has 1 saturated heterocycles. The molecule has 0 spiro atoms. The average molecular weight is 441 g/mol. The minimum Gasteiger partial charge on any atom is -0.401 e. The predicted octanol–water partition coefficient (Wildman–Crippen LogP) is 2.43. The molecule has 8 nitrogen and oxygen atoms in total. The van der Waals surface area contributed by atoms with Crippen molar-refractivity contribution in [3.05, 3.63) is 35.2 Å². The number of allylic oxidation sites excluding steroid dienone is 2. The van der Waals surface area contributed by atoms with Crippen LogP contribution in [0.15, 0.2) is 34.6 Å². The number of carbonyl (C=O) groups is 2. The SMILES string of the molecule is C=N/C(=C(/C)N)C1CCN(c2ccc(C(=O)NCCN(C)C)cc2NC(=O)C2CC2)CC1. The van der Waals surface area contributed by atoms with Gasteiger partial charge in [-0.3, -0.25) is 14.6 Å². The van der Waals surface area contributed by atoms with Gasteiger partial charge in [-0.05, 0) is 71.6 Å². The zero-order chi connectivity index (χ0) is 23.3. The van der Waals surface area contributed by atoms with Crippen molar-refractivity contribution in [3.8, 4) is 0 Å². The van der Waals surface area contributed by atoms with E-state index in [1.54, 1.807) is 6.07 Å². The number of nitrogens with zero attached hydrogens (tertiary/aromatic N) is 3. The van der Waals surface area contributed by atoms with Crippen molar-refractivity contribution < 1.29 is 9.59 Å². The molecule has 4 N–H and O–H groups in total. The summed E-state index contributed by atoms with van der Waals surface area (Å²) in [5, 5.41) is 6.02. The smallest absolute Gasteiger partial charge is 0.251 e. The van der Waals surface area contributed by atoms with E-state index in [0.29, 0.717) is 23.7 Å². The lowest BCUT2D eigenvalue weighted by atomic mass is 9.92. The Morgan fingerprint density at radius 1 is 1.19 bits per heavy atom. The molecule has 0 bridgehead atoms. The Labute approximate surface area is 190 Å². The van der Waals surface area contributed by atoms with Gasteiger partial charge < -0.3 is 26.2 Å². The van der Waals surface area contributed by atoms with Gasteiger partial charge in [-0.1, -0.05) is 0 Å². The molecule has 1 aliphatic heterocycles. The molecule has 2 aliphatic rings. The highest BCUT2D eigenvalue weighted by Crippen LogP contribution is 2.36. The van der Waals surface area contributed by atoms with Crippen LogP contribution in [0.2, 0.25) is 0 Å². The number of amides is 2. The van der Waals surface area contributed by atoms with Gasteiger partial charge in [0.25, 0.3) is 5.91 Å². The first kappa shape index (κ1) is 23.8. The molecule has 0 atom stereocenters. The molecule has 0 unspecified atom stereocenters. The van der Waals surface area contributed by atoms with Crippen LogP contribution < -0.4 is 21.3 Å². The summed E-state index contributed by atoms with van der Waals surface area (Å²) in [4.78, 5) is 33.6. The van der Waals surface area contributed by atoms with Crippen LogP contribution in [0.25, 0.3) is 0 Å². The lowest BCUT2D eigenvalue weighted by molar-refractivity contribution is -0.117. The normalized spacial score (nSPS) is 17.7. The maximum atomic E-state index is 12.6. The van der Waals surface area contributed by atoms with Gasteiger partial charge in [0.1, 0.15) is 0 Å². The summed E-state index contributed by atoms with van der Waals surface area (Å²) < 4.78 is 0. The van der Waals surface area contributed by atoms with Gasteiger partial charge in [-0.25, -0.2) is 0 Å². The van der Waals surface area contributed by atoms with E-state index in [-0.39, 0.29) is 17.7 Å². The Kier molecular flexibility index (Phi) is 7.90. The minimum atomic E-state index is -0.135. The Morgan fingerprint density at radius 2 is 1.88 bits per heavy atom. The van der Waals surface area contributed by atoms with Crippen LogP contribution in [0.4, 0.5) is 11.4 Å². The summed E-state index contributed by atoms with van der Waals surface area (Å²) in [6.07, 6.45) is 3.68. The fraction of sp³-hybridized carbons (Fsp3) is 0.542. The van der Waals surface area contributed by atoms with Crippen LogP contribution >= 0.6 is 0 Å². The van der Waals surface area contributed by atoms with Crippen molar-refractivity contribution in [3.63, 3.8) is 0 Å². The molecule has 1 aromatic carbocycles. The van der Waals surface area contributed by atoms with Crippen LogP contribution in [0.3, 0.4) is 0 Å². The molecular weight excluding hydrogens is 404 g/mol. The number of nitrogens with one attached hydrogen (secondary N) is 2. The topological polar surface area (TPSA) is 103 Å². The Balaban J connectivity index is 1.75. The highest BCUT2D eigenvalue weighted by molar-refractivity contribution is 6.01. The second kappa shape index (κ2) is 10.6. The second-order valence-electron chi connectivity index (χ2n) is 9.04. The first-order valence-electron chi connectivity index (χ1n) is 11.4. The lowest BCUT2D eigenvalue weighted by Gasteiger charge is -2.35.